The number of nitrogens with zero attached hydrogens (tertiary/aromatic N) is 2. The maximum absolute atomic E-state index is 12.5. The third kappa shape index (κ3) is 6.74. The van der Waals surface area contributed by atoms with Crippen molar-refractivity contribution in [2.24, 2.45) is 0 Å². The summed E-state index contributed by atoms with van der Waals surface area (Å²) in [4.78, 5) is 35.1. The number of nitriles is 1. The van der Waals surface area contributed by atoms with Crippen molar-refractivity contribution in [3.63, 3.8) is 0 Å². The maximum Gasteiger partial charge on any atom is 0.321 e. The van der Waals surface area contributed by atoms with Crippen LogP contribution in [0.15, 0.2) is 53.4 Å². The van der Waals surface area contributed by atoms with E-state index in [9.17, 15) is 22.8 Å². The minimum Gasteiger partial charge on any atom is -0.455 e. The Balaban J connectivity index is 1.87. The number of anilines is 1. The Labute approximate surface area is 180 Å². The summed E-state index contributed by atoms with van der Waals surface area (Å²) >= 11 is 0. The van der Waals surface area contributed by atoms with Crippen LogP contribution >= 0.6 is 0 Å². The van der Waals surface area contributed by atoms with Gasteiger partial charge in [0.05, 0.1) is 17.4 Å². The molecule has 0 bridgehead atoms. The first kappa shape index (κ1) is 23.7. The second-order valence-electron chi connectivity index (χ2n) is 6.58. The number of hydrogen-bond acceptors (Lipinski definition) is 7. The number of carbonyl (C=O) groups is 3. The van der Waals surface area contributed by atoms with Crippen molar-refractivity contribution in [3.05, 3.63) is 59.7 Å². The SMILES string of the molecule is CC(=O)c1ccc(S(=O)(=O)N(C)CC(=O)OCC(=O)Nc2ccc(CC#N)cc2)cc1. The first-order chi connectivity index (χ1) is 14.6. The molecule has 0 saturated heterocycles. The van der Waals surface area contributed by atoms with Gasteiger partial charge in [-0.15, -0.1) is 0 Å². The molecule has 1 N–H and O–H groups in total. The van der Waals surface area contributed by atoms with E-state index >= 15 is 0 Å². The quantitative estimate of drug-likeness (QED) is 0.461. The van der Waals surface area contributed by atoms with Crippen molar-refractivity contribution in [1.29, 1.82) is 5.26 Å². The zero-order valence-electron chi connectivity index (χ0n) is 17.0. The zero-order chi connectivity index (χ0) is 23.0. The van der Waals surface area contributed by atoms with Crippen molar-refractivity contribution in [3.8, 4) is 6.07 Å². The van der Waals surface area contributed by atoms with Crippen LogP contribution in [0.3, 0.4) is 0 Å². The molecule has 9 nitrogen and oxygen atoms in total. The monoisotopic (exact) mass is 443 g/mol. The average molecular weight is 443 g/mol. The van der Waals surface area contributed by atoms with Crippen LogP contribution < -0.4 is 5.32 Å². The van der Waals surface area contributed by atoms with E-state index in [-0.39, 0.29) is 17.1 Å². The molecule has 10 heteroatoms. The van der Waals surface area contributed by atoms with Crippen molar-refractivity contribution < 1.29 is 27.5 Å². The van der Waals surface area contributed by atoms with Crippen LogP contribution in [0.5, 0.6) is 0 Å². The zero-order valence-corrected chi connectivity index (χ0v) is 17.8. The molecule has 0 radical (unpaired) electrons. The first-order valence-electron chi connectivity index (χ1n) is 9.12. The number of Topliss-reactive ketones (excluding diaryl/α,β-unsaturated/α-hetero) is 1. The van der Waals surface area contributed by atoms with E-state index in [1.54, 1.807) is 24.3 Å². The summed E-state index contributed by atoms with van der Waals surface area (Å²) in [6.07, 6.45) is 0.253. The van der Waals surface area contributed by atoms with Gasteiger partial charge < -0.3 is 10.1 Å². The van der Waals surface area contributed by atoms with Gasteiger partial charge in [0.15, 0.2) is 12.4 Å². The normalized spacial score (nSPS) is 10.9. The lowest BCUT2D eigenvalue weighted by Gasteiger charge is -2.16. The number of sulfonamides is 1. The molecule has 0 spiro atoms. The van der Waals surface area contributed by atoms with Gasteiger partial charge in [0.2, 0.25) is 10.0 Å². The maximum atomic E-state index is 12.5. The van der Waals surface area contributed by atoms with E-state index in [1.807, 2.05) is 6.07 Å². The van der Waals surface area contributed by atoms with Crippen LogP contribution in [0.2, 0.25) is 0 Å². The molecule has 1 amide bonds. The van der Waals surface area contributed by atoms with E-state index in [4.69, 9.17) is 10.00 Å². The molecule has 2 aromatic rings. The lowest BCUT2D eigenvalue weighted by Crippen LogP contribution is -2.34. The molecule has 2 aromatic carbocycles. The predicted octanol–water partition coefficient (Wildman–Crippen LogP) is 1.76. The van der Waals surface area contributed by atoms with Crippen molar-refractivity contribution in [2.45, 2.75) is 18.2 Å². The lowest BCUT2D eigenvalue weighted by molar-refractivity contribution is -0.147. The van der Waals surface area contributed by atoms with Crippen LogP contribution in [0.4, 0.5) is 5.69 Å². The van der Waals surface area contributed by atoms with E-state index < -0.39 is 35.1 Å². The molecule has 0 aliphatic carbocycles. The Kier molecular flexibility index (Phi) is 8.01. The predicted molar refractivity (Wildman–Crippen MR) is 112 cm³/mol. The van der Waals surface area contributed by atoms with Crippen LogP contribution in [0.1, 0.15) is 22.8 Å². The molecule has 0 atom stereocenters. The van der Waals surface area contributed by atoms with Gasteiger partial charge in [-0.3, -0.25) is 14.4 Å². The fraction of sp³-hybridized carbons (Fsp3) is 0.238. The highest BCUT2D eigenvalue weighted by molar-refractivity contribution is 7.89. The summed E-state index contributed by atoms with van der Waals surface area (Å²) in [5.74, 6) is -1.69. The number of benzene rings is 2. The highest BCUT2D eigenvalue weighted by atomic mass is 32.2. The van der Waals surface area contributed by atoms with Crippen LogP contribution in [-0.4, -0.2) is 50.6 Å². The minimum absolute atomic E-state index is 0.0783. The molecular formula is C21H21N3O6S. The average Bonchev–Trinajstić information content (AvgIpc) is 2.74. The third-order valence-corrected chi connectivity index (χ3v) is 6.02. The number of ketones is 1. The standard InChI is InChI=1S/C21H21N3O6S/c1-15(25)17-5-9-19(10-6-17)31(28,29)24(2)13-21(27)30-14-20(26)23-18-7-3-16(4-8-18)11-12-22/h3-10H,11,13-14H2,1-2H3,(H,23,26). The number of esters is 1. The van der Waals surface area contributed by atoms with Crippen LogP contribution in [-0.2, 0) is 30.8 Å². The summed E-state index contributed by atoms with van der Waals surface area (Å²) in [5, 5.41) is 11.2. The number of carbonyl (C=O) groups excluding carboxylic acids is 3. The van der Waals surface area contributed by atoms with Crippen molar-refractivity contribution >= 4 is 33.4 Å². The number of ether oxygens (including phenoxy) is 1. The number of amides is 1. The second-order valence-corrected chi connectivity index (χ2v) is 8.63. The van der Waals surface area contributed by atoms with Crippen molar-refractivity contribution in [1.82, 2.24) is 4.31 Å². The highest BCUT2D eigenvalue weighted by Gasteiger charge is 2.24. The van der Waals surface area contributed by atoms with Gasteiger partial charge >= 0.3 is 5.97 Å². The molecule has 2 rings (SSSR count). The molecule has 0 fully saturated rings. The summed E-state index contributed by atoms with van der Waals surface area (Å²) in [6, 6.07) is 14.0. The van der Waals surface area contributed by atoms with Gasteiger partial charge in [0.25, 0.3) is 5.91 Å². The Morgan fingerprint density at radius 2 is 1.68 bits per heavy atom. The van der Waals surface area contributed by atoms with Gasteiger partial charge in [-0.05, 0) is 36.8 Å². The summed E-state index contributed by atoms with van der Waals surface area (Å²) in [6.45, 7) is 0.193. The number of nitrogens with one attached hydrogen (secondary N) is 1. The van der Waals surface area contributed by atoms with E-state index in [0.29, 0.717) is 11.3 Å². The largest absolute Gasteiger partial charge is 0.455 e. The molecule has 162 valence electrons. The van der Waals surface area contributed by atoms with Gasteiger partial charge in [0.1, 0.15) is 6.54 Å². The topological polar surface area (TPSA) is 134 Å². The summed E-state index contributed by atoms with van der Waals surface area (Å²) in [5.41, 5.74) is 1.63. The Morgan fingerprint density at radius 3 is 2.23 bits per heavy atom. The Bertz CT molecular complexity index is 1100. The smallest absolute Gasteiger partial charge is 0.321 e. The number of hydrogen-bond donors (Lipinski definition) is 1. The number of rotatable bonds is 9. The van der Waals surface area contributed by atoms with Gasteiger partial charge in [0, 0.05) is 18.3 Å². The summed E-state index contributed by atoms with van der Waals surface area (Å²) in [7, 11) is -2.77. The number of likely N-dealkylation sites (N-methyl/N-ethyl adjacent to an activating group) is 1. The minimum atomic E-state index is -3.97. The van der Waals surface area contributed by atoms with Gasteiger partial charge in [-0.2, -0.15) is 9.57 Å². The molecule has 0 heterocycles. The van der Waals surface area contributed by atoms with E-state index in [0.717, 1.165) is 9.87 Å². The van der Waals surface area contributed by atoms with E-state index in [1.165, 1.54) is 38.2 Å². The fourth-order valence-electron chi connectivity index (χ4n) is 2.49. The molecular weight excluding hydrogens is 422 g/mol. The van der Waals surface area contributed by atoms with Crippen LogP contribution in [0, 0.1) is 11.3 Å². The Hall–Kier alpha value is -3.55. The molecule has 0 aromatic heterocycles. The van der Waals surface area contributed by atoms with Crippen molar-refractivity contribution in [2.75, 3.05) is 25.5 Å². The highest BCUT2D eigenvalue weighted by Crippen LogP contribution is 2.15. The van der Waals surface area contributed by atoms with Crippen LogP contribution in [0.25, 0.3) is 0 Å². The van der Waals surface area contributed by atoms with Gasteiger partial charge in [-0.1, -0.05) is 24.3 Å². The molecule has 0 aliphatic heterocycles. The molecule has 0 aliphatic rings. The van der Waals surface area contributed by atoms with Gasteiger partial charge in [-0.25, -0.2) is 8.42 Å². The summed E-state index contributed by atoms with van der Waals surface area (Å²) < 4.78 is 30.7. The lowest BCUT2D eigenvalue weighted by atomic mass is 10.1. The van der Waals surface area contributed by atoms with E-state index in [2.05, 4.69) is 5.32 Å². The molecule has 0 saturated carbocycles. The second kappa shape index (κ2) is 10.5. The molecule has 31 heavy (non-hydrogen) atoms. The Morgan fingerprint density at radius 1 is 1.06 bits per heavy atom. The third-order valence-electron chi connectivity index (χ3n) is 4.21. The first-order valence-corrected chi connectivity index (χ1v) is 10.6. The molecule has 0 unspecified atom stereocenters. The fourth-order valence-corrected chi connectivity index (χ4v) is 3.61.